The molecule has 2 N–H and O–H groups in total. The Morgan fingerprint density at radius 2 is 2.15 bits per heavy atom. The lowest BCUT2D eigenvalue weighted by atomic mass is 10.1. The van der Waals surface area contributed by atoms with Gasteiger partial charge in [-0.3, -0.25) is 0 Å². The molecule has 1 atom stereocenters. The molecule has 1 heterocycles. The van der Waals surface area contributed by atoms with Gasteiger partial charge in [0.15, 0.2) is 0 Å². The second-order valence-corrected chi connectivity index (χ2v) is 7.05. The Hall–Kier alpha value is -0.820. The summed E-state index contributed by atoms with van der Waals surface area (Å²) in [6.07, 6.45) is 1.44. The molecule has 0 fully saturated rings. The fourth-order valence-corrected chi connectivity index (χ4v) is 3.67. The first kappa shape index (κ1) is 15.6. The number of sulfonamides is 1. The summed E-state index contributed by atoms with van der Waals surface area (Å²) in [6, 6.07) is 3.09. The Morgan fingerprint density at radius 1 is 1.40 bits per heavy atom. The van der Waals surface area contributed by atoms with Crippen molar-refractivity contribution in [3.63, 3.8) is 0 Å². The number of rotatable bonds is 6. The van der Waals surface area contributed by atoms with E-state index in [0.717, 1.165) is 18.5 Å². The Bertz CT molecular complexity index is 590. The molecule has 1 aromatic carbocycles. The summed E-state index contributed by atoms with van der Waals surface area (Å²) in [5.74, 6) is 0.605. The Morgan fingerprint density at radius 3 is 2.85 bits per heavy atom. The van der Waals surface area contributed by atoms with Crippen LogP contribution in [0.15, 0.2) is 17.0 Å². The number of nitrogens with one attached hydrogen (secondary N) is 2. The van der Waals surface area contributed by atoms with Crippen molar-refractivity contribution >= 4 is 21.6 Å². The maximum atomic E-state index is 12.2. The number of ether oxygens (including phenoxy) is 1. The molecule has 0 aromatic heterocycles. The summed E-state index contributed by atoms with van der Waals surface area (Å²) in [4.78, 5) is 0.198. The number of halogens is 1. The van der Waals surface area contributed by atoms with E-state index < -0.39 is 10.0 Å². The van der Waals surface area contributed by atoms with Gasteiger partial charge in [-0.25, -0.2) is 13.1 Å². The smallest absolute Gasteiger partial charge is 0.240 e. The topological polar surface area (TPSA) is 67.4 Å². The molecule has 7 heteroatoms. The van der Waals surface area contributed by atoms with Gasteiger partial charge in [-0.2, -0.15) is 0 Å². The molecular formula is C13H19ClN2O3S. The summed E-state index contributed by atoms with van der Waals surface area (Å²) in [5, 5.41) is 3.32. The molecule has 5 nitrogen and oxygen atoms in total. The van der Waals surface area contributed by atoms with Crippen LogP contribution in [-0.4, -0.2) is 34.7 Å². The van der Waals surface area contributed by atoms with Crippen LogP contribution in [-0.2, 0) is 16.4 Å². The Kier molecular flexibility index (Phi) is 4.90. The predicted octanol–water partition coefficient (Wildman–Crippen LogP) is 1.55. The third-order valence-corrected chi connectivity index (χ3v) is 4.85. The predicted molar refractivity (Wildman–Crippen MR) is 79.0 cm³/mol. The average Bonchev–Trinajstić information content (AvgIpc) is 2.76. The largest absolute Gasteiger partial charge is 0.489 e. The van der Waals surface area contributed by atoms with Crippen LogP contribution in [0.3, 0.4) is 0 Å². The highest BCUT2D eigenvalue weighted by Crippen LogP contribution is 2.37. The van der Waals surface area contributed by atoms with E-state index in [1.165, 1.54) is 6.07 Å². The maximum absolute atomic E-state index is 12.2. The van der Waals surface area contributed by atoms with Gasteiger partial charge in [0.25, 0.3) is 0 Å². The quantitative estimate of drug-likeness (QED) is 0.781. The van der Waals surface area contributed by atoms with Crippen LogP contribution in [0.2, 0.25) is 5.02 Å². The van der Waals surface area contributed by atoms with Crippen molar-refractivity contribution in [2.45, 2.75) is 30.8 Å². The molecule has 0 spiro atoms. The molecule has 0 radical (unpaired) electrons. The highest BCUT2D eigenvalue weighted by Gasteiger charge is 2.25. The van der Waals surface area contributed by atoms with Gasteiger partial charge in [0.05, 0.1) is 9.92 Å². The van der Waals surface area contributed by atoms with Crippen LogP contribution < -0.4 is 14.8 Å². The standard InChI is InChI=1S/C13H19ClN2O3S/c1-9-6-10-7-11(8-12(14)13(10)19-9)20(17,18)16-5-3-4-15-2/h7-9,15-16H,3-6H2,1-2H3. The van der Waals surface area contributed by atoms with E-state index in [-0.39, 0.29) is 11.0 Å². The number of hydrogen-bond acceptors (Lipinski definition) is 4. The number of hydrogen-bond donors (Lipinski definition) is 2. The molecule has 2 rings (SSSR count). The fourth-order valence-electron chi connectivity index (χ4n) is 2.17. The molecule has 1 unspecified atom stereocenters. The number of benzene rings is 1. The van der Waals surface area contributed by atoms with E-state index >= 15 is 0 Å². The molecule has 0 saturated carbocycles. The van der Waals surface area contributed by atoms with Gasteiger partial charge < -0.3 is 10.1 Å². The molecule has 0 aliphatic carbocycles. The van der Waals surface area contributed by atoms with Gasteiger partial charge in [-0.1, -0.05) is 11.6 Å². The Balaban J connectivity index is 2.17. The third kappa shape index (κ3) is 3.44. The van der Waals surface area contributed by atoms with Crippen LogP contribution in [0.5, 0.6) is 5.75 Å². The molecule has 0 amide bonds. The van der Waals surface area contributed by atoms with Gasteiger partial charge in [-0.15, -0.1) is 0 Å². The fraction of sp³-hybridized carbons (Fsp3) is 0.538. The van der Waals surface area contributed by atoms with Crippen LogP contribution in [0.4, 0.5) is 0 Å². The SMILES string of the molecule is CNCCCNS(=O)(=O)c1cc(Cl)c2c(c1)CC(C)O2. The first-order chi connectivity index (χ1) is 9.44. The van der Waals surface area contributed by atoms with Crippen molar-refractivity contribution < 1.29 is 13.2 Å². The molecule has 1 aromatic rings. The summed E-state index contributed by atoms with van der Waals surface area (Å²) < 4.78 is 32.5. The lowest BCUT2D eigenvalue weighted by Crippen LogP contribution is -2.26. The summed E-state index contributed by atoms with van der Waals surface area (Å²) in [6.45, 7) is 3.09. The molecule has 1 aliphatic rings. The maximum Gasteiger partial charge on any atom is 0.240 e. The molecule has 1 aliphatic heterocycles. The van der Waals surface area contributed by atoms with E-state index in [9.17, 15) is 8.42 Å². The lowest BCUT2D eigenvalue weighted by Gasteiger charge is -2.09. The van der Waals surface area contributed by atoms with Crippen molar-refractivity contribution in [3.8, 4) is 5.75 Å². The summed E-state index contributed by atoms with van der Waals surface area (Å²) in [5.41, 5.74) is 0.848. The molecule has 0 bridgehead atoms. The second-order valence-electron chi connectivity index (χ2n) is 4.88. The van der Waals surface area contributed by atoms with Crippen molar-refractivity contribution in [1.82, 2.24) is 10.0 Å². The lowest BCUT2D eigenvalue weighted by molar-refractivity contribution is 0.255. The minimum Gasteiger partial charge on any atom is -0.489 e. The van der Waals surface area contributed by atoms with Crippen molar-refractivity contribution in [1.29, 1.82) is 0 Å². The third-order valence-electron chi connectivity index (χ3n) is 3.13. The normalized spacial score (nSPS) is 17.9. The highest BCUT2D eigenvalue weighted by molar-refractivity contribution is 7.89. The van der Waals surface area contributed by atoms with Crippen molar-refractivity contribution in [2.24, 2.45) is 0 Å². The van der Waals surface area contributed by atoms with Gasteiger partial charge in [-0.05, 0) is 39.1 Å². The zero-order chi connectivity index (χ0) is 14.8. The average molecular weight is 319 g/mol. The van der Waals surface area contributed by atoms with E-state index in [0.29, 0.717) is 23.7 Å². The zero-order valence-electron chi connectivity index (χ0n) is 11.6. The van der Waals surface area contributed by atoms with Crippen molar-refractivity contribution in [3.05, 3.63) is 22.7 Å². The van der Waals surface area contributed by atoms with E-state index in [1.807, 2.05) is 14.0 Å². The number of fused-ring (bicyclic) bond motifs is 1. The molecule has 0 saturated heterocycles. The molecule has 112 valence electrons. The van der Waals surface area contributed by atoms with E-state index in [4.69, 9.17) is 16.3 Å². The first-order valence-electron chi connectivity index (χ1n) is 6.57. The van der Waals surface area contributed by atoms with Crippen LogP contribution in [0.1, 0.15) is 18.9 Å². The Labute approximate surface area is 124 Å². The minimum atomic E-state index is -3.52. The van der Waals surface area contributed by atoms with Crippen LogP contribution in [0, 0.1) is 0 Å². The van der Waals surface area contributed by atoms with Crippen molar-refractivity contribution in [2.75, 3.05) is 20.1 Å². The van der Waals surface area contributed by atoms with E-state index in [1.54, 1.807) is 6.07 Å². The zero-order valence-corrected chi connectivity index (χ0v) is 13.1. The van der Waals surface area contributed by atoms with Crippen LogP contribution in [0.25, 0.3) is 0 Å². The second kappa shape index (κ2) is 6.30. The van der Waals surface area contributed by atoms with Gasteiger partial charge in [0.1, 0.15) is 11.9 Å². The van der Waals surface area contributed by atoms with Gasteiger partial charge >= 0.3 is 0 Å². The monoisotopic (exact) mass is 318 g/mol. The first-order valence-corrected chi connectivity index (χ1v) is 8.43. The molecular weight excluding hydrogens is 300 g/mol. The minimum absolute atomic E-state index is 0.0315. The summed E-state index contributed by atoms with van der Waals surface area (Å²) >= 11 is 6.10. The van der Waals surface area contributed by atoms with E-state index in [2.05, 4.69) is 10.0 Å². The van der Waals surface area contributed by atoms with Gasteiger partial charge in [0, 0.05) is 18.5 Å². The summed E-state index contributed by atoms with van der Waals surface area (Å²) in [7, 11) is -1.69. The van der Waals surface area contributed by atoms with Gasteiger partial charge in [0.2, 0.25) is 10.0 Å². The van der Waals surface area contributed by atoms with Crippen LogP contribution >= 0.6 is 11.6 Å². The highest BCUT2D eigenvalue weighted by atomic mass is 35.5. The molecule has 20 heavy (non-hydrogen) atoms.